The number of halogens is 1. The highest BCUT2D eigenvalue weighted by Gasteiger charge is 2.26. The molecule has 1 atom stereocenters. The third-order valence-electron chi connectivity index (χ3n) is 2.58. The van der Waals surface area contributed by atoms with Crippen LogP contribution in [-0.4, -0.2) is 5.88 Å². The molecule has 0 bridgehead atoms. The predicted molar refractivity (Wildman–Crippen MR) is 48.5 cm³/mol. The second kappa shape index (κ2) is 3.61. The van der Waals surface area contributed by atoms with Gasteiger partial charge in [-0.25, -0.2) is 0 Å². The van der Waals surface area contributed by atoms with Gasteiger partial charge in [0.1, 0.15) is 0 Å². The van der Waals surface area contributed by atoms with Crippen LogP contribution in [0.25, 0.3) is 0 Å². The number of hydrogen-bond acceptors (Lipinski definition) is 0. The number of rotatable bonds is 3. The van der Waals surface area contributed by atoms with E-state index in [1.807, 2.05) is 0 Å². The van der Waals surface area contributed by atoms with Gasteiger partial charge in [-0.15, -0.1) is 11.6 Å². The molecule has 1 unspecified atom stereocenters. The van der Waals surface area contributed by atoms with Gasteiger partial charge in [-0.2, -0.15) is 0 Å². The summed E-state index contributed by atoms with van der Waals surface area (Å²) in [5.74, 6) is 2.19. The van der Waals surface area contributed by atoms with Crippen LogP contribution in [0.3, 0.4) is 0 Å². The van der Waals surface area contributed by atoms with Crippen molar-refractivity contribution < 1.29 is 0 Å². The van der Waals surface area contributed by atoms with Crippen molar-refractivity contribution in [3.63, 3.8) is 0 Å². The summed E-state index contributed by atoms with van der Waals surface area (Å²) in [6.45, 7) is 11.2. The Balaban J connectivity index is 4.03. The summed E-state index contributed by atoms with van der Waals surface area (Å²) in [7, 11) is 0. The fourth-order valence-electron chi connectivity index (χ4n) is 1.02. The van der Waals surface area contributed by atoms with Crippen molar-refractivity contribution in [1.29, 1.82) is 0 Å². The summed E-state index contributed by atoms with van der Waals surface area (Å²) in [6.07, 6.45) is 0. The van der Waals surface area contributed by atoms with Crippen LogP contribution >= 0.6 is 11.6 Å². The van der Waals surface area contributed by atoms with E-state index in [1.54, 1.807) is 0 Å². The molecular formula is C9H19Cl. The van der Waals surface area contributed by atoms with Gasteiger partial charge >= 0.3 is 0 Å². The molecule has 0 aliphatic carbocycles. The Kier molecular flexibility index (Phi) is 3.72. The van der Waals surface area contributed by atoms with Crippen LogP contribution in [-0.2, 0) is 0 Å². The van der Waals surface area contributed by atoms with Crippen molar-refractivity contribution in [1.82, 2.24) is 0 Å². The van der Waals surface area contributed by atoms with Crippen LogP contribution in [0, 0.1) is 17.3 Å². The topological polar surface area (TPSA) is 0 Å². The Morgan fingerprint density at radius 1 is 1.20 bits per heavy atom. The molecule has 0 saturated heterocycles. The van der Waals surface area contributed by atoms with Crippen molar-refractivity contribution in [3.05, 3.63) is 0 Å². The maximum Gasteiger partial charge on any atom is 0.0277 e. The molecule has 0 aliphatic heterocycles. The van der Waals surface area contributed by atoms with Gasteiger partial charge in [0, 0.05) is 5.88 Å². The van der Waals surface area contributed by atoms with Gasteiger partial charge in [0.25, 0.3) is 0 Å². The molecule has 0 saturated carbocycles. The minimum atomic E-state index is 0.287. The molecule has 10 heavy (non-hydrogen) atoms. The van der Waals surface area contributed by atoms with E-state index in [9.17, 15) is 0 Å². The van der Waals surface area contributed by atoms with E-state index in [0.717, 1.165) is 11.8 Å². The van der Waals surface area contributed by atoms with Crippen LogP contribution in [0.15, 0.2) is 0 Å². The van der Waals surface area contributed by atoms with Crippen molar-refractivity contribution >= 4 is 11.6 Å². The summed E-state index contributed by atoms with van der Waals surface area (Å²) in [5.41, 5.74) is 0.287. The van der Waals surface area contributed by atoms with Crippen molar-refractivity contribution in [3.8, 4) is 0 Å². The largest absolute Gasteiger partial charge is 0.126 e. The minimum Gasteiger partial charge on any atom is -0.126 e. The molecular weight excluding hydrogens is 144 g/mol. The SMILES string of the molecule is CC(C)C(C)C(C)(C)CCl. The van der Waals surface area contributed by atoms with E-state index in [0.29, 0.717) is 5.92 Å². The maximum atomic E-state index is 5.83. The van der Waals surface area contributed by atoms with Crippen LogP contribution < -0.4 is 0 Å². The second-order valence-corrected chi connectivity index (χ2v) is 4.42. The molecule has 0 radical (unpaired) electrons. The standard InChI is InChI=1S/C9H19Cl/c1-7(2)8(3)9(4,5)6-10/h7-8H,6H2,1-5H3. The smallest absolute Gasteiger partial charge is 0.0277 e. The Morgan fingerprint density at radius 2 is 1.60 bits per heavy atom. The molecule has 0 N–H and O–H groups in total. The van der Waals surface area contributed by atoms with Crippen LogP contribution in [0.4, 0.5) is 0 Å². The summed E-state index contributed by atoms with van der Waals surface area (Å²) >= 11 is 5.83. The first kappa shape index (κ1) is 10.3. The minimum absolute atomic E-state index is 0.287. The molecule has 0 heterocycles. The van der Waals surface area contributed by atoms with Crippen LogP contribution in [0.5, 0.6) is 0 Å². The zero-order valence-corrected chi connectivity index (χ0v) is 8.50. The molecule has 0 nitrogen and oxygen atoms in total. The highest BCUT2D eigenvalue weighted by Crippen LogP contribution is 2.32. The lowest BCUT2D eigenvalue weighted by Gasteiger charge is -2.32. The first-order valence-corrected chi connectivity index (χ1v) is 4.51. The van der Waals surface area contributed by atoms with E-state index in [1.165, 1.54) is 0 Å². The molecule has 0 fully saturated rings. The molecule has 62 valence electrons. The Hall–Kier alpha value is 0.290. The summed E-state index contributed by atoms with van der Waals surface area (Å²) in [5, 5.41) is 0. The first-order valence-electron chi connectivity index (χ1n) is 3.97. The zero-order valence-electron chi connectivity index (χ0n) is 7.74. The molecule has 0 aromatic carbocycles. The third-order valence-corrected chi connectivity index (χ3v) is 3.27. The number of alkyl halides is 1. The zero-order chi connectivity index (χ0) is 8.36. The first-order chi connectivity index (χ1) is 4.41. The Morgan fingerprint density at radius 3 is 1.70 bits per heavy atom. The van der Waals surface area contributed by atoms with Gasteiger partial charge in [-0.05, 0) is 17.3 Å². The summed E-state index contributed by atoms with van der Waals surface area (Å²) in [4.78, 5) is 0. The average Bonchev–Trinajstić information content (AvgIpc) is 1.86. The molecule has 0 aliphatic rings. The van der Waals surface area contributed by atoms with Crippen LogP contribution in [0.2, 0.25) is 0 Å². The average molecular weight is 163 g/mol. The van der Waals surface area contributed by atoms with Gasteiger partial charge in [0.2, 0.25) is 0 Å². The maximum absolute atomic E-state index is 5.83. The highest BCUT2D eigenvalue weighted by molar-refractivity contribution is 6.18. The van der Waals surface area contributed by atoms with Crippen molar-refractivity contribution in [2.75, 3.05) is 5.88 Å². The summed E-state index contributed by atoms with van der Waals surface area (Å²) in [6, 6.07) is 0. The molecule has 1 heteroatoms. The predicted octanol–water partition coefficient (Wildman–Crippen LogP) is 3.54. The van der Waals surface area contributed by atoms with E-state index >= 15 is 0 Å². The van der Waals surface area contributed by atoms with Gasteiger partial charge in [0.05, 0.1) is 0 Å². The lowest BCUT2D eigenvalue weighted by atomic mass is 9.75. The fraction of sp³-hybridized carbons (Fsp3) is 1.00. The molecule has 0 amide bonds. The lowest BCUT2D eigenvalue weighted by Crippen LogP contribution is -2.27. The van der Waals surface area contributed by atoms with Crippen LogP contribution in [0.1, 0.15) is 34.6 Å². The monoisotopic (exact) mass is 162 g/mol. The van der Waals surface area contributed by atoms with Crippen molar-refractivity contribution in [2.24, 2.45) is 17.3 Å². The lowest BCUT2D eigenvalue weighted by molar-refractivity contribution is 0.203. The Labute approximate surface area is 70.0 Å². The molecule has 0 aromatic rings. The van der Waals surface area contributed by atoms with E-state index in [4.69, 9.17) is 11.6 Å². The summed E-state index contributed by atoms with van der Waals surface area (Å²) < 4.78 is 0. The van der Waals surface area contributed by atoms with Crippen molar-refractivity contribution in [2.45, 2.75) is 34.6 Å². The van der Waals surface area contributed by atoms with Gasteiger partial charge < -0.3 is 0 Å². The van der Waals surface area contributed by atoms with Gasteiger partial charge in [-0.3, -0.25) is 0 Å². The quantitative estimate of drug-likeness (QED) is 0.557. The molecule has 0 rings (SSSR count). The van der Waals surface area contributed by atoms with E-state index < -0.39 is 0 Å². The third kappa shape index (κ3) is 2.49. The highest BCUT2D eigenvalue weighted by atomic mass is 35.5. The normalized spacial score (nSPS) is 15.9. The number of hydrogen-bond donors (Lipinski definition) is 0. The fourth-order valence-corrected chi connectivity index (χ4v) is 1.27. The van der Waals surface area contributed by atoms with Gasteiger partial charge in [0.15, 0.2) is 0 Å². The molecule has 0 spiro atoms. The van der Waals surface area contributed by atoms with Gasteiger partial charge in [-0.1, -0.05) is 34.6 Å². The van der Waals surface area contributed by atoms with E-state index in [2.05, 4.69) is 34.6 Å². The Bertz CT molecular complexity index is 94.9. The second-order valence-electron chi connectivity index (χ2n) is 4.15. The molecule has 0 aromatic heterocycles. The van der Waals surface area contributed by atoms with E-state index in [-0.39, 0.29) is 5.41 Å².